The first-order valence-electron chi connectivity index (χ1n) is 12.7. The van der Waals surface area contributed by atoms with Gasteiger partial charge in [-0.3, -0.25) is 0 Å². The Morgan fingerprint density at radius 3 is 0.500 bits per heavy atom. The molecular weight excluding hydrogens is 644 g/mol. The highest BCUT2D eigenvalue weighted by Crippen LogP contribution is 2.57. The van der Waals surface area contributed by atoms with Gasteiger partial charge in [0.15, 0.2) is 0 Å². The number of nitrogens with two attached hydrogens (primary N) is 4. The van der Waals surface area contributed by atoms with Crippen molar-refractivity contribution in [3.8, 4) is 0 Å². The lowest BCUT2D eigenvalue weighted by Crippen LogP contribution is -2.54. The average Bonchev–Trinajstić information content (AvgIpc) is 2.91. The van der Waals surface area contributed by atoms with Gasteiger partial charge in [0, 0.05) is 22.7 Å². The van der Waals surface area contributed by atoms with Gasteiger partial charge in [-0.1, -0.05) is 48.5 Å². The molecule has 0 spiro atoms. The molecule has 0 fully saturated rings. The van der Waals surface area contributed by atoms with Crippen molar-refractivity contribution < 1.29 is 52.7 Å². The van der Waals surface area contributed by atoms with Gasteiger partial charge in [-0.2, -0.15) is 52.7 Å². The van der Waals surface area contributed by atoms with E-state index >= 15 is 0 Å². The number of nitrogen functional groups attached to an aromatic ring is 4. The molecule has 0 radical (unpaired) electrons. The molecule has 0 heterocycles. The summed E-state index contributed by atoms with van der Waals surface area (Å²) in [5, 5.41) is 0. The maximum atomic E-state index is 13.7. The van der Waals surface area contributed by atoms with Gasteiger partial charge in [0.05, 0.1) is 0 Å². The van der Waals surface area contributed by atoms with Gasteiger partial charge in [-0.15, -0.1) is 0 Å². The molecule has 0 unspecified atom stereocenters. The molecule has 0 atom stereocenters. The van der Waals surface area contributed by atoms with Crippen molar-refractivity contribution in [2.75, 3.05) is 22.9 Å². The summed E-state index contributed by atoms with van der Waals surface area (Å²) < 4.78 is 164. The highest BCUT2D eigenvalue weighted by molar-refractivity contribution is 5.53. The summed E-state index contributed by atoms with van der Waals surface area (Å²) in [5.74, 6) is 0. The molecule has 4 nitrogen and oxygen atoms in total. The predicted octanol–water partition coefficient (Wildman–Crippen LogP) is 8.52. The summed E-state index contributed by atoms with van der Waals surface area (Å²) in [7, 11) is 0. The first-order chi connectivity index (χ1) is 21.0. The molecule has 0 amide bonds. The Bertz CT molecular complexity index is 1340. The largest absolute Gasteiger partial charge is 0.411 e. The number of hydrogen-bond acceptors (Lipinski definition) is 4. The Labute approximate surface area is 253 Å². The lowest BCUT2D eigenvalue weighted by molar-refractivity contribution is -0.290. The molecule has 4 rings (SSSR count). The van der Waals surface area contributed by atoms with Gasteiger partial charge >= 0.3 is 24.7 Å². The second-order valence-electron chi connectivity index (χ2n) is 9.98. The lowest BCUT2D eigenvalue weighted by atomic mass is 9.73. The van der Waals surface area contributed by atoms with Gasteiger partial charge in [0.2, 0.25) is 10.8 Å². The summed E-state index contributed by atoms with van der Waals surface area (Å²) in [4.78, 5) is 0. The summed E-state index contributed by atoms with van der Waals surface area (Å²) in [5.41, 5.74) is 9.53. The van der Waals surface area contributed by atoms with E-state index in [1.54, 1.807) is 0 Å². The Kier molecular flexibility index (Phi) is 9.48. The summed E-state index contributed by atoms with van der Waals surface area (Å²) >= 11 is 0. The van der Waals surface area contributed by atoms with E-state index in [0.717, 1.165) is 97.1 Å². The highest BCUT2D eigenvalue weighted by Gasteiger charge is 2.73. The standard InChI is InChI=1S/2C15H12F6N2/c2*16-14(17,18)13(15(19,20)21,9-1-5-11(22)6-2-9)10-3-7-12(23)8-4-10/h2*1-8H,22-23H2. The minimum absolute atomic E-state index is 0.0595. The van der Waals surface area contributed by atoms with Gasteiger partial charge in [-0.25, -0.2) is 0 Å². The van der Waals surface area contributed by atoms with Gasteiger partial charge in [0.25, 0.3) is 0 Å². The molecule has 0 aliphatic heterocycles. The van der Waals surface area contributed by atoms with Gasteiger partial charge < -0.3 is 22.9 Å². The third kappa shape index (κ3) is 6.33. The molecule has 0 aromatic heterocycles. The normalized spacial score (nSPS) is 13.1. The van der Waals surface area contributed by atoms with E-state index in [1.165, 1.54) is 0 Å². The maximum Gasteiger partial charge on any atom is 0.411 e. The molecule has 4 aromatic carbocycles. The van der Waals surface area contributed by atoms with E-state index in [-0.39, 0.29) is 22.7 Å². The smallest absolute Gasteiger partial charge is 0.399 e. The monoisotopic (exact) mass is 668 g/mol. The second-order valence-corrected chi connectivity index (χ2v) is 9.98. The van der Waals surface area contributed by atoms with Crippen LogP contribution in [0.15, 0.2) is 97.1 Å². The Balaban J connectivity index is 0.000000250. The third-order valence-electron chi connectivity index (χ3n) is 7.08. The van der Waals surface area contributed by atoms with Crippen LogP contribution in [0.1, 0.15) is 22.3 Å². The van der Waals surface area contributed by atoms with Crippen LogP contribution in [0.4, 0.5) is 75.4 Å². The summed E-state index contributed by atoms with van der Waals surface area (Å²) in [6.07, 6.45) is -22.5. The zero-order chi connectivity index (χ0) is 34.9. The SMILES string of the molecule is Nc1ccc(C(c2ccc(N)cc2)(C(F)(F)F)C(F)(F)F)cc1.Nc1ccc(C(c2ccc(N)cc2)(C(F)(F)F)C(F)(F)F)cc1. The van der Waals surface area contributed by atoms with E-state index < -0.39 is 57.8 Å². The van der Waals surface area contributed by atoms with Crippen molar-refractivity contribution in [3.05, 3.63) is 119 Å². The summed E-state index contributed by atoms with van der Waals surface area (Å²) in [6, 6.07) is 13.8. The number of benzene rings is 4. The van der Waals surface area contributed by atoms with E-state index in [4.69, 9.17) is 22.9 Å². The molecule has 0 aliphatic rings. The first-order valence-corrected chi connectivity index (χ1v) is 12.7. The second kappa shape index (κ2) is 12.2. The van der Waals surface area contributed by atoms with Crippen molar-refractivity contribution in [2.24, 2.45) is 0 Å². The molecule has 0 aliphatic carbocycles. The molecule has 16 heteroatoms. The Hall–Kier alpha value is -4.76. The molecule has 248 valence electrons. The average molecular weight is 669 g/mol. The van der Waals surface area contributed by atoms with E-state index in [1.807, 2.05) is 0 Å². The van der Waals surface area contributed by atoms with Crippen LogP contribution in [-0.4, -0.2) is 24.7 Å². The number of halogens is 12. The predicted molar refractivity (Wildman–Crippen MR) is 149 cm³/mol. The number of rotatable bonds is 4. The number of anilines is 4. The first kappa shape index (κ1) is 35.7. The number of hydrogen-bond donors (Lipinski definition) is 4. The van der Waals surface area contributed by atoms with Crippen LogP contribution in [0, 0.1) is 0 Å². The van der Waals surface area contributed by atoms with Crippen LogP contribution in [0.5, 0.6) is 0 Å². The van der Waals surface area contributed by atoms with Gasteiger partial charge in [0.1, 0.15) is 0 Å². The molecule has 0 saturated heterocycles. The quantitative estimate of drug-likeness (QED) is 0.129. The van der Waals surface area contributed by atoms with Crippen LogP contribution in [0.3, 0.4) is 0 Å². The fourth-order valence-corrected chi connectivity index (χ4v) is 4.90. The maximum absolute atomic E-state index is 13.7. The lowest BCUT2D eigenvalue weighted by Gasteiger charge is -2.38. The van der Waals surface area contributed by atoms with Crippen molar-refractivity contribution in [1.29, 1.82) is 0 Å². The zero-order valence-corrected chi connectivity index (χ0v) is 23.1. The molecule has 8 N–H and O–H groups in total. The van der Waals surface area contributed by atoms with Crippen LogP contribution in [0.25, 0.3) is 0 Å². The van der Waals surface area contributed by atoms with Crippen LogP contribution in [-0.2, 0) is 10.8 Å². The van der Waals surface area contributed by atoms with Crippen LogP contribution in [0.2, 0.25) is 0 Å². The van der Waals surface area contributed by atoms with E-state index in [2.05, 4.69) is 0 Å². The molecule has 0 saturated carbocycles. The highest BCUT2D eigenvalue weighted by atomic mass is 19.4. The molecule has 46 heavy (non-hydrogen) atoms. The fraction of sp³-hybridized carbons (Fsp3) is 0.200. The number of alkyl halides is 12. The fourth-order valence-electron chi connectivity index (χ4n) is 4.90. The van der Waals surface area contributed by atoms with Gasteiger partial charge in [-0.05, 0) is 70.8 Å². The van der Waals surface area contributed by atoms with Crippen LogP contribution < -0.4 is 22.9 Å². The van der Waals surface area contributed by atoms with Crippen molar-refractivity contribution in [3.63, 3.8) is 0 Å². The van der Waals surface area contributed by atoms with E-state index in [9.17, 15) is 52.7 Å². The topological polar surface area (TPSA) is 104 Å². The third-order valence-corrected chi connectivity index (χ3v) is 7.08. The Morgan fingerprint density at radius 1 is 0.261 bits per heavy atom. The van der Waals surface area contributed by atoms with Crippen LogP contribution >= 0.6 is 0 Å². The van der Waals surface area contributed by atoms with E-state index in [0.29, 0.717) is 0 Å². The minimum atomic E-state index is -5.61. The van der Waals surface area contributed by atoms with Crippen molar-refractivity contribution in [2.45, 2.75) is 35.5 Å². The summed E-state index contributed by atoms with van der Waals surface area (Å²) in [6.45, 7) is 0. The molecular formula is C30H24F12N4. The molecule has 4 aromatic rings. The zero-order valence-electron chi connectivity index (χ0n) is 23.1. The minimum Gasteiger partial charge on any atom is -0.399 e. The Morgan fingerprint density at radius 2 is 0.391 bits per heavy atom. The van der Waals surface area contributed by atoms with Crippen molar-refractivity contribution >= 4 is 22.7 Å². The van der Waals surface area contributed by atoms with Crippen molar-refractivity contribution in [1.82, 2.24) is 0 Å². The molecule has 0 bridgehead atoms.